The topological polar surface area (TPSA) is 38.5 Å². The highest BCUT2D eigenvalue weighted by molar-refractivity contribution is 9.10. The molecule has 1 aliphatic rings. The van der Waals surface area contributed by atoms with Crippen molar-refractivity contribution in [2.45, 2.75) is 32.2 Å². The Kier molecular flexibility index (Phi) is 5.87. The Balaban J connectivity index is 2.00. The number of hydrogen-bond acceptors (Lipinski definition) is 3. The van der Waals surface area contributed by atoms with Gasteiger partial charge in [-0.1, -0.05) is 6.07 Å². The fraction of sp³-hybridized carbons (Fsp3) is 0.625. The molecule has 0 aliphatic carbocycles. The van der Waals surface area contributed by atoms with Gasteiger partial charge in [0.1, 0.15) is 0 Å². The van der Waals surface area contributed by atoms with E-state index in [0.29, 0.717) is 0 Å². The van der Waals surface area contributed by atoms with Gasteiger partial charge >= 0.3 is 0 Å². The summed E-state index contributed by atoms with van der Waals surface area (Å²) in [7, 11) is 2.17. The maximum absolute atomic E-state index is 5.86. The first-order chi connectivity index (χ1) is 9.56. The van der Waals surface area contributed by atoms with Gasteiger partial charge in [-0.15, -0.1) is 0 Å². The summed E-state index contributed by atoms with van der Waals surface area (Å²) in [5.41, 5.74) is 8.40. The molecule has 1 fully saturated rings. The van der Waals surface area contributed by atoms with Crippen molar-refractivity contribution in [3.63, 3.8) is 0 Å². The maximum Gasteiger partial charge on any atom is 0.0508 e. The Bertz CT molecular complexity index is 430. The van der Waals surface area contributed by atoms with Crippen LogP contribution in [0.1, 0.15) is 25.3 Å². The van der Waals surface area contributed by atoms with Crippen molar-refractivity contribution in [3.05, 3.63) is 28.2 Å². The first-order valence-corrected chi connectivity index (χ1v) is 8.18. The predicted octanol–water partition coefficient (Wildman–Crippen LogP) is 3.20. The van der Waals surface area contributed by atoms with E-state index in [4.69, 9.17) is 10.5 Å². The minimum Gasteiger partial charge on any atom is -0.381 e. The molecule has 4 heteroatoms. The normalized spacial score (nSPS) is 18.0. The van der Waals surface area contributed by atoms with Gasteiger partial charge in [-0.25, -0.2) is 0 Å². The Morgan fingerprint density at radius 1 is 1.40 bits per heavy atom. The van der Waals surface area contributed by atoms with Gasteiger partial charge < -0.3 is 15.4 Å². The molecule has 0 saturated carbocycles. The smallest absolute Gasteiger partial charge is 0.0508 e. The van der Waals surface area contributed by atoms with Crippen molar-refractivity contribution < 1.29 is 4.74 Å². The monoisotopic (exact) mass is 340 g/mol. The first kappa shape index (κ1) is 15.8. The van der Waals surface area contributed by atoms with Gasteiger partial charge in [-0.05, 0) is 65.7 Å². The lowest BCUT2D eigenvalue weighted by molar-refractivity contribution is 0.0685. The van der Waals surface area contributed by atoms with Crippen LogP contribution < -0.4 is 10.6 Å². The summed E-state index contributed by atoms with van der Waals surface area (Å²) < 4.78 is 6.58. The van der Waals surface area contributed by atoms with Crippen LogP contribution >= 0.6 is 15.9 Å². The molecule has 0 spiro atoms. The molecule has 20 heavy (non-hydrogen) atoms. The molecular weight excluding hydrogens is 316 g/mol. The van der Waals surface area contributed by atoms with Gasteiger partial charge in [0, 0.05) is 37.3 Å². The van der Waals surface area contributed by atoms with Gasteiger partial charge in [0.15, 0.2) is 0 Å². The number of anilines is 1. The van der Waals surface area contributed by atoms with Crippen LogP contribution in [0.5, 0.6) is 0 Å². The third-order valence-electron chi connectivity index (χ3n) is 3.85. The van der Waals surface area contributed by atoms with Crippen LogP contribution in [0.4, 0.5) is 5.69 Å². The van der Waals surface area contributed by atoms with Crippen molar-refractivity contribution in [1.29, 1.82) is 0 Å². The van der Waals surface area contributed by atoms with Crippen LogP contribution in [-0.4, -0.2) is 32.8 Å². The van der Waals surface area contributed by atoms with E-state index in [9.17, 15) is 0 Å². The second kappa shape index (κ2) is 7.43. The lowest BCUT2D eigenvalue weighted by atomic mass is 9.99. The fourth-order valence-electron chi connectivity index (χ4n) is 2.77. The molecule has 0 bridgehead atoms. The summed E-state index contributed by atoms with van der Waals surface area (Å²) in [5.74, 6) is 0.740. The molecule has 1 unspecified atom stereocenters. The SMILES string of the molecule is CC(N)Cc1ccc(N(C)CC2CCOCC2)c(Br)c1. The lowest BCUT2D eigenvalue weighted by Gasteiger charge is -2.29. The summed E-state index contributed by atoms with van der Waals surface area (Å²) in [6, 6.07) is 6.78. The Labute approximate surface area is 130 Å². The number of ether oxygens (including phenoxy) is 1. The zero-order valence-electron chi connectivity index (χ0n) is 12.4. The van der Waals surface area contributed by atoms with Crippen LogP contribution in [0.15, 0.2) is 22.7 Å². The minimum absolute atomic E-state index is 0.202. The molecular formula is C16H25BrN2O. The fourth-order valence-corrected chi connectivity index (χ4v) is 3.50. The van der Waals surface area contributed by atoms with Crippen LogP contribution in [-0.2, 0) is 11.2 Å². The van der Waals surface area contributed by atoms with E-state index in [-0.39, 0.29) is 6.04 Å². The third-order valence-corrected chi connectivity index (χ3v) is 4.49. The highest BCUT2D eigenvalue weighted by Crippen LogP contribution is 2.28. The van der Waals surface area contributed by atoms with Gasteiger partial charge in [-0.2, -0.15) is 0 Å². The van der Waals surface area contributed by atoms with Gasteiger partial charge in [0.25, 0.3) is 0 Å². The third kappa shape index (κ3) is 4.47. The summed E-state index contributed by atoms with van der Waals surface area (Å²) in [6.07, 6.45) is 3.26. The summed E-state index contributed by atoms with van der Waals surface area (Å²) in [4.78, 5) is 2.34. The second-order valence-corrected chi connectivity index (χ2v) is 6.76. The summed E-state index contributed by atoms with van der Waals surface area (Å²) in [6.45, 7) is 4.95. The Morgan fingerprint density at radius 3 is 2.70 bits per heavy atom. The average Bonchev–Trinajstić information content (AvgIpc) is 2.39. The predicted molar refractivity (Wildman–Crippen MR) is 88.3 cm³/mol. The molecule has 2 rings (SSSR count). The molecule has 3 nitrogen and oxygen atoms in total. The van der Waals surface area contributed by atoms with Crippen molar-refractivity contribution >= 4 is 21.6 Å². The first-order valence-electron chi connectivity index (χ1n) is 7.39. The van der Waals surface area contributed by atoms with E-state index in [1.54, 1.807) is 0 Å². The zero-order valence-corrected chi connectivity index (χ0v) is 14.0. The number of nitrogens with zero attached hydrogens (tertiary/aromatic N) is 1. The largest absolute Gasteiger partial charge is 0.381 e. The molecule has 1 aromatic rings. The summed E-state index contributed by atoms with van der Waals surface area (Å²) in [5, 5.41) is 0. The van der Waals surface area contributed by atoms with E-state index in [1.165, 1.54) is 24.1 Å². The van der Waals surface area contributed by atoms with E-state index in [1.807, 2.05) is 6.92 Å². The van der Waals surface area contributed by atoms with Crippen LogP contribution in [0.25, 0.3) is 0 Å². The molecule has 1 aromatic carbocycles. The van der Waals surface area contributed by atoms with Gasteiger partial charge in [0.2, 0.25) is 0 Å². The highest BCUT2D eigenvalue weighted by Gasteiger charge is 2.17. The number of hydrogen-bond donors (Lipinski definition) is 1. The molecule has 2 N–H and O–H groups in total. The standard InChI is InChI=1S/C16H25BrN2O/c1-12(18)9-14-3-4-16(15(17)10-14)19(2)11-13-5-7-20-8-6-13/h3-4,10,12-13H,5-9,11,18H2,1-2H3. The van der Waals surface area contributed by atoms with Crippen molar-refractivity contribution in [2.75, 3.05) is 31.7 Å². The molecule has 1 heterocycles. The van der Waals surface area contributed by atoms with E-state index >= 15 is 0 Å². The van der Waals surface area contributed by atoms with E-state index in [0.717, 1.165) is 36.6 Å². The zero-order chi connectivity index (χ0) is 14.5. The van der Waals surface area contributed by atoms with Crippen LogP contribution in [0.2, 0.25) is 0 Å². The molecule has 0 aromatic heterocycles. The molecule has 1 saturated heterocycles. The molecule has 1 atom stereocenters. The number of benzene rings is 1. The van der Waals surface area contributed by atoms with Crippen LogP contribution in [0.3, 0.4) is 0 Å². The number of rotatable bonds is 5. The number of nitrogens with two attached hydrogens (primary N) is 1. The maximum atomic E-state index is 5.86. The van der Waals surface area contributed by atoms with Crippen molar-refractivity contribution in [1.82, 2.24) is 0 Å². The Morgan fingerprint density at radius 2 is 2.10 bits per heavy atom. The van der Waals surface area contributed by atoms with Crippen molar-refractivity contribution in [3.8, 4) is 0 Å². The van der Waals surface area contributed by atoms with Gasteiger partial charge in [-0.3, -0.25) is 0 Å². The quantitative estimate of drug-likeness (QED) is 0.894. The van der Waals surface area contributed by atoms with Crippen molar-refractivity contribution in [2.24, 2.45) is 11.7 Å². The summed E-state index contributed by atoms with van der Waals surface area (Å²) >= 11 is 3.70. The highest BCUT2D eigenvalue weighted by atomic mass is 79.9. The number of halogens is 1. The molecule has 0 amide bonds. The lowest BCUT2D eigenvalue weighted by Crippen LogP contribution is -2.29. The average molecular weight is 341 g/mol. The second-order valence-electron chi connectivity index (χ2n) is 5.90. The van der Waals surface area contributed by atoms with Gasteiger partial charge in [0.05, 0.1) is 5.69 Å². The minimum atomic E-state index is 0.202. The molecule has 0 radical (unpaired) electrons. The molecule has 112 valence electrons. The van der Waals surface area contributed by atoms with Crippen LogP contribution in [0, 0.1) is 5.92 Å². The van der Waals surface area contributed by atoms with E-state index < -0.39 is 0 Å². The molecule has 1 aliphatic heterocycles. The Hall–Kier alpha value is -0.580. The van der Waals surface area contributed by atoms with E-state index in [2.05, 4.69) is 46.1 Å².